The maximum atomic E-state index is 12.3. The van der Waals surface area contributed by atoms with Crippen LogP contribution in [0.25, 0.3) is 0 Å². The molecule has 1 heterocycles. The minimum atomic E-state index is -0.0830. The van der Waals surface area contributed by atoms with E-state index in [1.54, 1.807) is 7.11 Å². The minimum Gasteiger partial charge on any atom is -0.383 e. The molecule has 1 aromatic rings. The van der Waals surface area contributed by atoms with Crippen molar-refractivity contribution in [2.24, 2.45) is 5.92 Å². The summed E-state index contributed by atoms with van der Waals surface area (Å²) in [6.07, 6.45) is 9.13. The number of H-pyrrole nitrogens is 1. The standard InChI is InChI=1S/C13H20N4O2/c1-19-8-7-17(10-11-5-3-2-4-6-11)13(18)12-9-14-16-15-12/h2-3,9,11H,4-8,10H2,1H3,(H,14,15,16). The predicted octanol–water partition coefficient (Wildman–Crippen LogP) is 1.25. The van der Waals surface area contributed by atoms with Crippen LogP contribution in [0.1, 0.15) is 29.8 Å². The minimum absolute atomic E-state index is 0.0830. The number of hydrogen-bond acceptors (Lipinski definition) is 4. The van der Waals surface area contributed by atoms with Gasteiger partial charge in [0.25, 0.3) is 5.91 Å². The van der Waals surface area contributed by atoms with E-state index in [0.717, 1.165) is 25.8 Å². The molecule has 0 fully saturated rings. The summed E-state index contributed by atoms with van der Waals surface area (Å²) in [6, 6.07) is 0. The number of aromatic nitrogens is 3. The lowest BCUT2D eigenvalue weighted by Gasteiger charge is -2.27. The second-order valence-corrected chi connectivity index (χ2v) is 4.75. The predicted molar refractivity (Wildman–Crippen MR) is 70.6 cm³/mol. The van der Waals surface area contributed by atoms with E-state index in [9.17, 15) is 4.79 Å². The Labute approximate surface area is 112 Å². The molecule has 0 aromatic carbocycles. The van der Waals surface area contributed by atoms with E-state index in [-0.39, 0.29) is 5.91 Å². The number of rotatable bonds is 6. The van der Waals surface area contributed by atoms with Crippen molar-refractivity contribution < 1.29 is 9.53 Å². The van der Waals surface area contributed by atoms with Gasteiger partial charge in [0.15, 0.2) is 5.69 Å². The van der Waals surface area contributed by atoms with Gasteiger partial charge < -0.3 is 9.64 Å². The fourth-order valence-electron chi connectivity index (χ4n) is 2.28. The second-order valence-electron chi connectivity index (χ2n) is 4.75. The van der Waals surface area contributed by atoms with E-state index in [0.29, 0.717) is 24.8 Å². The number of nitrogens with zero attached hydrogens (tertiary/aromatic N) is 3. The van der Waals surface area contributed by atoms with Crippen LogP contribution in [0.2, 0.25) is 0 Å². The molecule has 0 spiro atoms. The zero-order valence-corrected chi connectivity index (χ0v) is 11.2. The highest BCUT2D eigenvalue weighted by atomic mass is 16.5. The summed E-state index contributed by atoms with van der Waals surface area (Å²) in [5.74, 6) is 0.443. The highest BCUT2D eigenvalue weighted by molar-refractivity contribution is 5.91. The number of nitrogens with one attached hydrogen (secondary N) is 1. The van der Waals surface area contributed by atoms with Gasteiger partial charge in [0.05, 0.1) is 12.8 Å². The molecular formula is C13H20N4O2. The molecule has 0 saturated carbocycles. The lowest BCUT2D eigenvalue weighted by atomic mass is 9.94. The van der Waals surface area contributed by atoms with Crippen molar-refractivity contribution in [1.82, 2.24) is 20.3 Å². The SMILES string of the molecule is COCCN(CC1CC=CCC1)C(=O)c1cn[nH]n1. The van der Waals surface area contributed by atoms with Crippen molar-refractivity contribution in [2.45, 2.75) is 19.3 Å². The first-order valence-electron chi connectivity index (χ1n) is 6.60. The van der Waals surface area contributed by atoms with Crippen molar-refractivity contribution in [1.29, 1.82) is 0 Å². The summed E-state index contributed by atoms with van der Waals surface area (Å²) >= 11 is 0. The highest BCUT2D eigenvalue weighted by Gasteiger charge is 2.22. The molecule has 6 heteroatoms. The van der Waals surface area contributed by atoms with Gasteiger partial charge in [0, 0.05) is 20.2 Å². The zero-order valence-electron chi connectivity index (χ0n) is 11.2. The Balaban J connectivity index is 1.98. The van der Waals surface area contributed by atoms with Gasteiger partial charge in [-0.15, -0.1) is 0 Å². The van der Waals surface area contributed by atoms with Crippen LogP contribution in [0.4, 0.5) is 0 Å². The van der Waals surface area contributed by atoms with Gasteiger partial charge in [-0.1, -0.05) is 12.2 Å². The van der Waals surface area contributed by atoms with Gasteiger partial charge in [0.1, 0.15) is 0 Å². The molecule has 0 radical (unpaired) electrons. The van der Waals surface area contributed by atoms with Crippen LogP contribution in [-0.4, -0.2) is 53.0 Å². The van der Waals surface area contributed by atoms with Crippen LogP contribution in [-0.2, 0) is 4.74 Å². The molecule has 2 rings (SSSR count). The van der Waals surface area contributed by atoms with E-state index in [2.05, 4.69) is 27.6 Å². The van der Waals surface area contributed by atoms with Crippen LogP contribution < -0.4 is 0 Å². The number of hydrogen-bond donors (Lipinski definition) is 1. The van der Waals surface area contributed by atoms with E-state index in [4.69, 9.17) is 4.74 Å². The molecule has 1 aliphatic carbocycles. The Morgan fingerprint density at radius 1 is 1.58 bits per heavy atom. The topological polar surface area (TPSA) is 71.1 Å². The fourth-order valence-corrected chi connectivity index (χ4v) is 2.28. The molecule has 1 aromatic heterocycles. The van der Waals surface area contributed by atoms with Crippen molar-refractivity contribution >= 4 is 5.91 Å². The van der Waals surface area contributed by atoms with E-state index in [1.165, 1.54) is 6.20 Å². The Morgan fingerprint density at radius 3 is 3.11 bits per heavy atom. The van der Waals surface area contributed by atoms with Gasteiger partial charge in [-0.2, -0.15) is 15.4 Å². The van der Waals surface area contributed by atoms with Crippen LogP contribution in [0.15, 0.2) is 18.3 Å². The number of methoxy groups -OCH3 is 1. The average molecular weight is 264 g/mol. The van der Waals surface area contributed by atoms with Gasteiger partial charge in [-0.3, -0.25) is 4.79 Å². The van der Waals surface area contributed by atoms with Crippen molar-refractivity contribution in [3.05, 3.63) is 24.0 Å². The zero-order chi connectivity index (χ0) is 13.5. The molecule has 1 atom stereocenters. The summed E-state index contributed by atoms with van der Waals surface area (Å²) in [4.78, 5) is 14.1. The van der Waals surface area contributed by atoms with E-state index in [1.807, 2.05) is 4.90 Å². The Hall–Kier alpha value is -1.69. The Kier molecular flexibility index (Phi) is 5.09. The third-order valence-corrected chi connectivity index (χ3v) is 3.34. The second kappa shape index (κ2) is 7.04. The Morgan fingerprint density at radius 2 is 2.47 bits per heavy atom. The molecule has 1 amide bonds. The van der Waals surface area contributed by atoms with Crippen LogP contribution in [0, 0.1) is 5.92 Å². The third-order valence-electron chi connectivity index (χ3n) is 3.34. The fraction of sp³-hybridized carbons (Fsp3) is 0.615. The van der Waals surface area contributed by atoms with Crippen molar-refractivity contribution in [2.75, 3.05) is 26.8 Å². The van der Waals surface area contributed by atoms with Gasteiger partial charge in [-0.05, 0) is 25.2 Å². The van der Waals surface area contributed by atoms with E-state index < -0.39 is 0 Å². The molecule has 1 aliphatic rings. The first-order chi connectivity index (χ1) is 9.31. The lowest BCUT2D eigenvalue weighted by molar-refractivity contribution is 0.0652. The lowest BCUT2D eigenvalue weighted by Crippen LogP contribution is -2.38. The molecule has 1 N–H and O–H groups in total. The number of allylic oxidation sites excluding steroid dienone is 2. The van der Waals surface area contributed by atoms with Gasteiger partial charge in [-0.25, -0.2) is 0 Å². The molecule has 1 unspecified atom stereocenters. The number of carbonyl (C=O) groups excluding carboxylic acids is 1. The van der Waals surface area contributed by atoms with Crippen LogP contribution in [0.3, 0.4) is 0 Å². The smallest absolute Gasteiger partial charge is 0.276 e. The normalized spacial score (nSPS) is 18.5. The number of aromatic amines is 1. The maximum absolute atomic E-state index is 12.3. The summed E-state index contributed by atoms with van der Waals surface area (Å²) in [5, 5.41) is 10.0. The maximum Gasteiger partial charge on any atom is 0.276 e. The van der Waals surface area contributed by atoms with Crippen molar-refractivity contribution in [3.63, 3.8) is 0 Å². The first-order valence-corrected chi connectivity index (χ1v) is 6.60. The number of amides is 1. The van der Waals surface area contributed by atoms with Crippen LogP contribution in [0.5, 0.6) is 0 Å². The molecule has 0 bridgehead atoms. The molecule has 19 heavy (non-hydrogen) atoms. The summed E-state index contributed by atoms with van der Waals surface area (Å²) in [6.45, 7) is 1.87. The van der Waals surface area contributed by atoms with Crippen LogP contribution >= 0.6 is 0 Å². The summed E-state index contributed by atoms with van der Waals surface area (Å²) < 4.78 is 5.08. The quantitative estimate of drug-likeness (QED) is 0.785. The molecule has 6 nitrogen and oxygen atoms in total. The monoisotopic (exact) mass is 264 g/mol. The number of carbonyl (C=O) groups is 1. The van der Waals surface area contributed by atoms with Crippen molar-refractivity contribution in [3.8, 4) is 0 Å². The van der Waals surface area contributed by atoms with Gasteiger partial charge >= 0.3 is 0 Å². The third kappa shape index (κ3) is 3.89. The molecule has 0 aliphatic heterocycles. The molecule has 104 valence electrons. The number of ether oxygens (including phenoxy) is 1. The van der Waals surface area contributed by atoms with E-state index >= 15 is 0 Å². The molecular weight excluding hydrogens is 244 g/mol. The summed E-state index contributed by atoms with van der Waals surface area (Å²) in [5.41, 5.74) is 0.363. The Bertz CT molecular complexity index is 416. The summed E-state index contributed by atoms with van der Waals surface area (Å²) in [7, 11) is 1.64. The average Bonchev–Trinajstić information content (AvgIpc) is 2.98. The first kappa shape index (κ1) is 13.7. The largest absolute Gasteiger partial charge is 0.383 e. The highest BCUT2D eigenvalue weighted by Crippen LogP contribution is 2.19. The molecule has 0 saturated heterocycles. The van der Waals surface area contributed by atoms with Gasteiger partial charge in [0.2, 0.25) is 0 Å².